The van der Waals surface area contributed by atoms with Gasteiger partial charge in [-0.05, 0) is 38.7 Å². The molecule has 0 radical (unpaired) electrons. The number of nitrogens with one attached hydrogen (secondary N) is 1. The summed E-state index contributed by atoms with van der Waals surface area (Å²) in [6.07, 6.45) is 3.27. The average Bonchev–Trinajstić information content (AvgIpc) is 3.43. The topological polar surface area (TPSA) is 97.1 Å². The Hall–Kier alpha value is -3.22. The second kappa shape index (κ2) is 7.07. The first-order chi connectivity index (χ1) is 13.5. The fraction of sp³-hybridized carbons (Fsp3) is 0.333. The summed E-state index contributed by atoms with van der Waals surface area (Å²) in [6, 6.07) is 10.5. The zero-order chi connectivity index (χ0) is 19.8. The van der Waals surface area contributed by atoms with Crippen molar-refractivity contribution in [2.45, 2.75) is 38.8 Å². The first-order valence-electron chi connectivity index (χ1n) is 9.43. The Balaban J connectivity index is 1.82. The van der Waals surface area contributed by atoms with E-state index in [0.29, 0.717) is 22.3 Å². The van der Waals surface area contributed by atoms with Gasteiger partial charge in [0.2, 0.25) is 0 Å². The quantitative estimate of drug-likeness (QED) is 0.686. The standard InChI is InChI=1S/C21H22N4O3/c1-12(2)25-19-16(11-22-25)15(10-17(23-19)13-6-4-3-5-7-13)20(26)24-18(21(27)28)14-8-9-14/h3-7,10-12,14,18H,8-9H2,1-2H3,(H,24,26)(H,27,28). The number of aliphatic carboxylic acids is 1. The molecule has 0 bridgehead atoms. The minimum absolute atomic E-state index is 0.00533. The summed E-state index contributed by atoms with van der Waals surface area (Å²) in [7, 11) is 0. The number of carbonyl (C=O) groups excluding carboxylic acids is 1. The number of pyridine rings is 1. The van der Waals surface area contributed by atoms with Gasteiger partial charge in [-0.25, -0.2) is 14.5 Å². The summed E-state index contributed by atoms with van der Waals surface area (Å²) in [4.78, 5) is 29.3. The van der Waals surface area contributed by atoms with Gasteiger partial charge in [-0.15, -0.1) is 0 Å². The third kappa shape index (κ3) is 3.35. The molecule has 3 aromatic rings. The number of fused-ring (bicyclic) bond motifs is 1. The Kier molecular flexibility index (Phi) is 4.58. The van der Waals surface area contributed by atoms with Crippen molar-refractivity contribution in [3.05, 3.63) is 48.2 Å². The van der Waals surface area contributed by atoms with Gasteiger partial charge in [0.1, 0.15) is 6.04 Å². The number of hydrogen-bond donors (Lipinski definition) is 2. The molecule has 1 amide bonds. The lowest BCUT2D eigenvalue weighted by molar-refractivity contribution is -0.139. The zero-order valence-corrected chi connectivity index (χ0v) is 15.8. The molecule has 1 aliphatic carbocycles. The number of benzene rings is 1. The van der Waals surface area contributed by atoms with Crippen LogP contribution in [0.4, 0.5) is 0 Å². The molecule has 1 saturated carbocycles. The Bertz CT molecular complexity index is 1040. The SMILES string of the molecule is CC(C)n1ncc2c(C(=O)NC(C(=O)O)C3CC3)cc(-c3ccccc3)nc21. The van der Waals surface area contributed by atoms with Gasteiger partial charge in [0, 0.05) is 11.6 Å². The maximum absolute atomic E-state index is 13.0. The van der Waals surface area contributed by atoms with E-state index in [2.05, 4.69) is 10.4 Å². The van der Waals surface area contributed by atoms with Gasteiger partial charge < -0.3 is 10.4 Å². The number of carbonyl (C=O) groups is 2. The van der Waals surface area contributed by atoms with Crippen molar-refractivity contribution in [2.24, 2.45) is 5.92 Å². The maximum atomic E-state index is 13.0. The van der Waals surface area contributed by atoms with Crippen LogP contribution in [0, 0.1) is 5.92 Å². The van der Waals surface area contributed by atoms with E-state index in [1.807, 2.05) is 44.2 Å². The number of hydrogen-bond acceptors (Lipinski definition) is 4. The number of carboxylic acids is 1. The molecular weight excluding hydrogens is 356 g/mol. The van der Waals surface area contributed by atoms with E-state index in [1.54, 1.807) is 16.9 Å². The predicted octanol–water partition coefficient (Wildman–Crippen LogP) is 3.27. The predicted molar refractivity (Wildman–Crippen MR) is 105 cm³/mol. The Morgan fingerprint density at radius 3 is 2.54 bits per heavy atom. The maximum Gasteiger partial charge on any atom is 0.326 e. The second-order valence-corrected chi connectivity index (χ2v) is 7.47. The van der Waals surface area contributed by atoms with Crippen LogP contribution in [-0.2, 0) is 4.79 Å². The van der Waals surface area contributed by atoms with E-state index in [9.17, 15) is 14.7 Å². The second-order valence-electron chi connectivity index (χ2n) is 7.47. The van der Waals surface area contributed by atoms with Crippen LogP contribution in [0.15, 0.2) is 42.6 Å². The summed E-state index contributed by atoms with van der Waals surface area (Å²) in [6.45, 7) is 3.99. The highest BCUT2D eigenvalue weighted by atomic mass is 16.4. The minimum Gasteiger partial charge on any atom is -0.480 e. The minimum atomic E-state index is -0.998. The summed E-state index contributed by atoms with van der Waals surface area (Å²) < 4.78 is 1.77. The van der Waals surface area contributed by atoms with Crippen molar-refractivity contribution < 1.29 is 14.7 Å². The van der Waals surface area contributed by atoms with Crippen molar-refractivity contribution in [1.82, 2.24) is 20.1 Å². The third-order valence-electron chi connectivity index (χ3n) is 5.02. The van der Waals surface area contributed by atoms with E-state index < -0.39 is 17.9 Å². The molecule has 2 N–H and O–H groups in total. The van der Waals surface area contributed by atoms with Crippen LogP contribution < -0.4 is 5.32 Å². The van der Waals surface area contributed by atoms with Crippen LogP contribution in [-0.4, -0.2) is 37.8 Å². The summed E-state index contributed by atoms with van der Waals surface area (Å²) in [5.41, 5.74) is 2.54. The highest BCUT2D eigenvalue weighted by Gasteiger charge is 2.37. The smallest absolute Gasteiger partial charge is 0.326 e. The molecule has 144 valence electrons. The van der Waals surface area contributed by atoms with E-state index in [1.165, 1.54) is 0 Å². The van der Waals surface area contributed by atoms with Crippen molar-refractivity contribution >= 4 is 22.9 Å². The van der Waals surface area contributed by atoms with Crippen LogP contribution in [0.2, 0.25) is 0 Å². The van der Waals surface area contributed by atoms with Crippen molar-refractivity contribution in [3.8, 4) is 11.3 Å². The first-order valence-corrected chi connectivity index (χ1v) is 9.43. The number of rotatable bonds is 6. The largest absolute Gasteiger partial charge is 0.480 e. The molecule has 7 nitrogen and oxygen atoms in total. The number of aromatic nitrogens is 3. The number of carboxylic acid groups (broad SMARTS) is 1. The molecule has 0 aliphatic heterocycles. The third-order valence-corrected chi connectivity index (χ3v) is 5.02. The number of nitrogens with zero attached hydrogens (tertiary/aromatic N) is 3. The fourth-order valence-electron chi connectivity index (χ4n) is 3.37. The van der Waals surface area contributed by atoms with Gasteiger partial charge in [-0.2, -0.15) is 5.10 Å². The normalized spacial score (nSPS) is 15.0. The van der Waals surface area contributed by atoms with Gasteiger partial charge in [0.15, 0.2) is 5.65 Å². The van der Waals surface area contributed by atoms with Crippen molar-refractivity contribution in [1.29, 1.82) is 0 Å². The van der Waals surface area contributed by atoms with Gasteiger partial charge >= 0.3 is 5.97 Å². The van der Waals surface area contributed by atoms with Crippen LogP contribution >= 0.6 is 0 Å². The molecule has 1 fully saturated rings. The fourth-order valence-corrected chi connectivity index (χ4v) is 3.37. The van der Waals surface area contributed by atoms with Gasteiger partial charge in [0.25, 0.3) is 5.91 Å². The highest BCUT2D eigenvalue weighted by molar-refractivity contribution is 6.07. The van der Waals surface area contributed by atoms with Crippen molar-refractivity contribution in [2.75, 3.05) is 0 Å². The van der Waals surface area contributed by atoms with Crippen molar-refractivity contribution in [3.63, 3.8) is 0 Å². The number of amides is 1. The molecule has 1 aliphatic rings. The molecule has 1 atom stereocenters. The van der Waals surface area contributed by atoms with Crippen LogP contribution in [0.3, 0.4) is 0 Å². The van der Waals surface area contributed by atoms with Crippen LogP contribution in [0.25, 0.3) is 22.3 Å². The van der Waals surface area contributed by atoms with E-state index in [4.69, 9.17) is 4.98 Å². The summed E-state index contributed by atoms with van der Waals surface area (Å²) >= 11 is 0. The molecule has 2 heterocycles. The molecule has 4 rings (SSSR count). The van der Waals surface area contributed by atoms with E-state index >= 15 is 0 Å². The molecule has 0 saturated heterocycles. The van der Waals surface area contributed by atoms with Gasteiger partial charge in [0.05, 0.1) is 22.8 Å². The molecular formula is C21H22N4O3. The summed E-state index contributed by atoms with van der Waals surface area (Å²) in [5, 5.41) is 17.2. The Morgan fingerprint density at radius 2 is 1.93 bits per heavy atom. The monoisotopic (exact) mass is 378 g/mol. The summed E-state index contributed by atoms with van der Waals surface area (Å²) in [5.74, 6) is -1.40. The lowest BCUT2D eigenvalue weighted by atomic mass is 10.1. The average molecular weight is 378 g/mol. The van der Waals surface area contributed by atoms with Gasteiger partial charge in [-0.1, -0.05) is 30.3 Å². The zero-order valence-electron chi connectivity index (χ0n) is 15.8. The van der Waals surface area contributed by atoms with Gasteiger partial charge in [-0.3, -0.25) is 4.79 Å². The Morgan fingerprint density at radius 1 is 1.21 bits per heavy atom. The lowest BCUT2D eigenvalue weighted by Crippen LogP contribution is -2.42. The highest BCUT2D eigenvalue weighted by Crippen LogP contribution is 2.33. The van der Waals surface area contributed by atoms with E-state index in [-0.39, 0.29) is 12.0 Å². The molecule has 2 aromatic heterocycles. The van der Waals surface area contributed by atoms with E-state index in [0.717, 1.165) is 18.4 Å². The molecule has 7 heteroatoms. The molecule has 0 spiro atoms. The molecule has 28 heavy (non-hydrogen) atoms. The molecule has 1 aromatic carbocycles. The Labute approximate surface area is 162 Å². The van der Waals surface area contributed by atoms with Crippen LogP contribution in [0.1, 0.15) is 43.1 Å². The lowest BCUT2D eigenvalue weighted by Gasteiger charge is -2.15. The molecule has 1 unspecified atom stereocenters. The van der Waals surface area contributed by atoms with Crippen LogP contribution in [0.5, 0.6) is 0 Å². The first kappa shape index (κ1) is 18.2.